The van der Waals surface area contributed by atoms with Crippen molar-refractivity contribution in [3.05, 3.63) is 106 Å². The number of nitrogens with one attached hydrogen (secondary N) is 1. The van der Waals surface area contributed by atoms with E-state index in [9.17, 15) is 9.59 Å². The molecule has 4 nitrogen and oxygen atoms in total. The van der Waals surface area contributed by atoms with Crippen molar-refractivity contribution in [2.45, 2.75) is 83.3 Å². The molecule has 1 unspecified atom stereocenters. The number of carbonyl (C=O) groups excluding carboxylic acids is 2. The molecule has 0 heterocycles. The van der Waals surface area contributed by atoms with Crippen LogP contribution in [-0.2, 0) is 29.0 Å². The predicted octanol–water partition coefficient (Wildman–Crippen LogP) is 7.09. The Bertz CT molecular complexity index is 1190. The van der Waals surface area contributed by atoms with E-state index in [1.54, 1.807) is 4.90 Å². The zero-order valence-corrected chi connectivity index (χ0v) is 23.3. The van der Waals surface area contributed by atoms with E-state index in [2.05, 4.69) is 43.4 Å². The fraction of sp³-hybridized carbons (Fsp3) is 0.394. The quantitative estimate of drug-likeness (QED) is 0.287. The second-order valence-corrected chi connectivity index (χ2v) is 11.1. The molecule has 1 fully saturated rings. The van der Waals surface area contributed by atoms with E-state index in [4.69, 9.17) is 11.6 Å². The second-order valence-electron chi connectivity index (χ2n) is 10.7. The Morgan fingerprint density at radius 1 is 0.895 bits per heavy atom. The largest absolute Gasteiger partial charge is 0.352 e. The first-order valence-electron chi connectivity index (χ1n) is 13.9. The molecule has 200 valence electrons. The Morgan fingerprint density at radius 2 is 1.55 bits per heavy atom. The molecular weight excluding hydrogens is 492 g/mol. The lowest BCUT2D eigenvalue weighted by Gasteiger charge is -2.32. The average molecular weight is 531 g/mol. The molecule has 3 aromatic carbocycles. The topological polar surface area (TPSA) is 49.4 Å². The third-order valence-corrected chi connectivity index (χ3v) is 7.91. The summed E-state index contributed by atoms with van der Waals surface area (Å²) >= 11 is 6.53. The van der Waals surface area contributed by atoms with Gasteiger partial charge in [0.1, 0.15) is 6.04 Å². The number of halogens is 1. The van der Waals surface area contributed by atoms with Crippen molar-refractivity contribution in [1.82, 2.24) is 10.2 Å². The summed E-state index contributed by atoms with van der Waals surface area (Å²) in [6, 6.07) is 25.6. The van der Waals surface area contributed by atoms with Gasteiger partial charge in [0.15, 0.2) is 0 Å². The molecule has 1 N–H and O–H groups in total. The summed E-state index contributed by atoms with van der Waals surface area (Å²) in [5.41, 5.74) is 4.28. The van der Waals surface area contributed by atoms with Crippen LogP contribution in [-0.4, -0.2) is 28.8 Å². The third-order valence-electron chi connectivity index (χ3n) is 7.55. The number of rotatable bonds is 11. The molecule has 1 aliphatic rings. The molecule has 0 radical (unpaired) electrons. The van der Waals surface area contributed by atoms with Gasteiger partial charge in [-0.1, -0.05) is 111 Å². The molecule has 0 saturated heterocycles. The molecule has 4 rings (SSSR count). The normalized spacial score (nSPS) is 14.4. The predicted molar refractivity (Wildman–Crippen MR) is 155 cm³/mol. The van der Waals surface area contributed by atoms with Crippen LogP contribution in [0.15, 0.2) is 78.9 Å². The molecule has 2 amide bonds. The highest BCUT2D eigenvalue weighted by Gasteiger charge is 2.32. The minimum atomic E-state index is -0.620. The minimum Gasteiger partial charge on any atom is -0.352 e. The van der Waals surface area contributed by atoms with Gasteiger partial charge in [-0.05, 0) is 53.5 Å². The van der Waals surface area contributed by atoms with Gasteiger partial charge in [0.05, 0.1) is 0 Å². The van der Waals surface area contributed by atoms with Crippen LogP contribution in [0.5, 0.6) is 0 Å². The maximum Gasteiger partial charge on any atom is 0.243 e. The highest BCUT2D eigenvalue weighted by atomic mass is 35.5. The highest BCUT2D eigenvalue weighted by molar-refractivity contribution is 6.31. The van der Waals surface area contributed by atoms with Crippen LogP contribution >= 0.6 is 11.6 Å². The molecule has 3 aromatic rings. The molecule has 0 aliphatic heterocycles. The van der Waals surface area contributed by atoms with Crippen LogP contribution in [0.1, 0.15) is 74.1 Å². The maximum absolute atomic E-state index is 13.9. The summed E-state index contributed by atoms with van der Waals surface area (Å²) < 4.78 is 0. The van der Waals surface area contributed by atoms with Crippen LogP contribution < -0.4 is 5.32 Å². The highest BCUT2D eigenvalue weighted by Crippen LogP contribution is 2.23. The second kappa shape index (κ2) is 13.6. The molecule has 0 bridgehead atoms. The Balaban J connectivity index is 1.59. The van der Waals surface area contributed by atoms with Crippen LogP contribution in [0.2, 0.25) is 5.02 Å². The van der Waals surface area contributed by atoms with E-state index in [1.165, 1.54) is 5.56 Å². The summed E-state index contributed by atoms with van der Waals surface area (Å²) in [5, 5.41) is 3.86. The number of carbonyl (C=O) groups is 2. The zero-order valence-electron chi connectivity index (χ0n) is 22.5. The van der Waals surface area contributed by atoms with Crippen LogP contribution in [0, 0.1) is 0 Å². The Kier molecular flexibility index (Phi) is 10.0. The first kappa shape index (κ1) is 27.9. The summed E-state index contributed by atoms with van der Waals surface area (Å²) in [6.07, 6.45) is 5.66. The van der Waals surface area contributed by atoms with Crippen LogP contribution in [0.3, 0.4) is 0 Å². The molecule has 0 aromatic heterocycles. The lowest BCUT2D eigenvalue weighted by molar-refractivity contribution is -0.141. The number of hydrogen-bond donors (Lipinski definition) is 1. The van der Waals surface area contributed by atoms with Gasteiger partial charge in [-0.25, -0.2) is 0 Å². The lowest BCUT2D eigenvalue weighted by Crippen LogP contribution is -2.52. The van der Waals surface area contributed by atoms with Gasteiger partial charge < -0.3 is 10.2 Å². The lowest BCUT2D eigenvalue weighted by atomic mass is 9.99. The molecule has 1 saturated carbocycles. The minimum absolute atomic E-state index is 0.0413. The van der Waals surface area contributed by atoms with E-state index >= 15 is 0 Å². The van der Waals surface area contributed by atoms with Crippen molar-refractivity contribution in [1.29, 1.82) is 0 Å². The number of aryl methyl sites for hydroxylation is 1. The average Bonchev–Trinajstić information content (AvgIpc) is 3.44. The Morgan fingerprint density at radius 3 is 2.21 bits per heavy atom. The summed E-state index contributed by atoms with van der Waals surface area (Å²) in [4.78, 5) is 29.4. The van der Waals surface area contributed by atoms with Gasteiger partial charge in [0.25, 0.3) is 0 Å². The molecule has 1 aliphatic carbocycles. The van der Waals surface area contributed by atoms with Gasteiger partial charge in [-0.15, -0.1) is 0 Å². The Labute approximate surface area is 232 Å². The van der Waals surface area contributed by atoms with Crippen LogP contribution in [0.4, 0.5) is 0 Å². The molecule has 5 heteroatoms. The van der Waals surface area contributed by atoms with Crippen molar-refractivity contribution < 1.29 is 9.59 Å². The Hall–Kier alpha value is -3.11. The first-order chi connectivity index (χ1) is 18.4. The third kappa shape index (κ3) is 7.70. The van der Waals surface area contributed by atoms with Crippen molar-refractivity contribution in [3.8, 4) is 0 Å². The molecule has 0 spiro atoms. The number of benzene rings is 3. The molecule has 38 heavy (non-hydrogen) atoms. The molecular formula is C33H39ClN2O2. The van der Waals surface area contributed by atoms with Gasteiger partial charge in [-0.2, -0.15) is 0 Å². The van der Waals surface area contributed by atoms with E-state index in [0.29, 0.717) is 36.7 Å². The number of nitrogens with zero attached hydrogens (tertiary/aromatic N) is 1. The van der Waals surface area contributed by atoms with E-state index in [0.717, 1.165) is 42.4 Å². The maximum atomic E-state index is 13.9. The molecule has 1 atom stereocenters. The van der Waals surface area contributed by atoms with Crippen molar-refractivity contribution >= 4 is 23.4 Å². The standard InChI is InChI=1S/C33H39ClN2O2/c1-24(2)27-19-16-25(17-20-27)18-21-32(37)36(23-28-12-6-9-15-30(28)34)31(22-26-10-4-3-5-11-26)33(38)35-29-13-7-8-14-29/h3-6,9-12,15-17,19-20,24,29,31H,7-8,13-14,18,21-23H2,1-2H3,(H,35,38). The summed E-state index contributed by atoms with van der Waals surface area (Å²) in [6.45, 7) is 4.64. The van der Waals surface area contributed by atoms with Crippen LogP contribution in [0.25, 0.3) is 0 Å². The zero-order chi connectivity index (χ0) is 26.9. The van der Waals surface area contributed by atoms with Gasteiger partial charge in [0.2, 0.25) is 11.8 Å². The monoisotopic (exact) mass is 530 g/mol. The number of amides is 2. The fourth-order valence-electron chi connectivity index (χ4n) is 5.20. The first-order valence-corrected chi connectivity index (χ1v) is 14.2. The van der Waals surface area contributed by atoms with E-state index < -0.39 is 6.04 Å². The smallest absolute Gasteiger partial charge is 0.243 e. The number of hydrogen-bond acceptors (Lipinski definition) is 2. The van der Waals surface area contributed by atoms with Gasteiger partial charge >= 0.3 is 0 Å². The summed E-state index contributed by atoms with van der Waals surface area (Å²) in [5.74, 6) is 0.344. The van der Waals surface area contributed by atoms with Crippen molar-refractivity contribution in [3.63, 3.8) is 0 Å². The van der Waals surface area contributed by atoms with Gasteiger partial charge in [-0.3, -0.25) is 9.59 Å². The van der Waals surface area contributed by atoms with E-state index in [-0.39, 0.29) is 17.9 Å². The van der Waals surface area contributed by atoms with Crippen molar-refractivity contribution in [2.24, 2.45) is 0 Å². The van der Waals surface area contributed by atoms with Crippen molar-refractivity contribution in [2.75, 3.05) is 0 Å². The fourth-order valence-corrected chi connectivity index (χ4v) is 5.39. The van der Waals surface area contributed by atoms with Gasteiger partial charge in [0, 0.05) is 30.5 Å². The summed E-state index contributed by atoms with van der Waals surface area (Å²) in [7, 11) is 0. The van der Waals surface area contributed by atoms with E-state index in [1.807, 2.05) is 54.6 Å². The SMILES string of the molecule is CC(C)c1ccc(CCC(=O)N(Cc2ccccc2Cl)C(Cc2ccccc2)C(=O)NC2CCCC2)cc1.